The second-order valence-corrected chi connectivity index (χ2v) is 4.58. The van der Waals surface area contributed by atoms with Gasteiger partial charge in [-0.2, -0.15) is 0 Å². The molecule has 1 atom stereocenters. The maximum Gasteiger partial charge on any atom is 0.339 e. The first-order chi connectivity index (χ1) is 9.60. The van der Waals surface area contributed by atoms with Crippen LogP contribution in [0.2, 0.25) is 0 Å². The molecule has 5 nitrogen and oxygen atoms in total. The van der Waals surface area contributed by atoms with Crippen molar-refractivity contribution in [2.75, 3.05) is 25.7 Å². The van der Waals surface area contributed by atoms with Gasteiger partial charge in [-0.3, -0.25) is 4.79 Å². The Hall–Kier alpha value is -2.30. The van der Waals surface area contributed by atoms with Gasteiger partial charge < -0.3 is 14.4 Å². The van der Waals surface area contributed by atoms with Crippen LogP contribution in [0.3, 0.4) is 0 Å². The Bertz CT molecular complexity index is 553. The number of amides is 1. The summed E-state index contributed by atoms with van der Waals surface area (Å²) in [5, 5.41) is 0. The van der Waals surface area contributed by atoms with Gasteiger partial charge in [0.15, 0.2) is 0 Å². The maximum absolute atomic E-state index is 12.1. The normalized spacial score (nSPS) is 18.0. The van der Waals surface area contributed by atoms with E-state index in [1.54, 1.807) is 29.2 Å². The summed E-state index contributed by atoms with van der Waals surface area (Å²) in [5.41, 5.74) is 0.872. The second kappa shape index (κ2) is 5.77. The minimum Gasteiger partial charge on any atom is -0.497 e. The molecular formula is C15H17NO4. The average molecular weight is 275 g/mol. The zero-order valence-corrected chi connectivity index (χ0v) is 11.6. The summed E-state index contributed by atoms with van der Waals surface area (Å²) in [5.74, 6) is 0.174. The molecule has 1 amide bonds. The predicted octanol–water partition coefficient (Wildman–Crippen LogP) is 2.02. The fourth-order valence-corrected chi connectivity index (χ4v) is 2.27. The van der Waals surface area contributed by atoms with Gasteiger partial charge in [0.05, 0.1) is 25.5 Å². The Kier molecular flexibility index (Phi) is 4.08. The number of anilines is 1. The number of esters is 1. The fourth-order valence-electron chi connectivity index (χ4n) is 2.27. The van der Waals surface area contributed by atoms with Crippen molar-refractivity contribution in [3.05, 3.63) is 36.4 Å². The van der Waals surface area contributed by atoms with Crippen LogP contribution >= 0.6 is 0 Å². The second-order valence-electron chi connectivity index (χ2n) is 4.58. The van der Waals surface area contributed by atoms with E-state index in [1.165, 1.54) is 14.2 Å². The first-order valence-electron chi connectivity index (χ1n) is 6.30. The highest BCUT2D eigenvalue weighted by Crippen LogP contribution is 2.32. The van der Waals surface area contributed by atoms with Crippen LogP contribution in [0.1, 0.15) is 16.8 Å². The Morgan fingerprint density at radius 1 is 1.45 bits per heavy atom. The highest BCUT2D eigenvalue weighted by atomic mass is 16.5. The van der Waals surface area contributed by atoms with Crippen LogP contribution in [0.25, 0.3) is 0 Å². The van der Waals surface area contributed by atoms with Crippen LogP contribution in [0, 0.1) is 5.92 Å². The van der Waals surface area contributed by atoms with Gasteiger partial charge in [-0.25, -0.2) is 4.79 Å². The third-order valence-corrected chi connectivity index (χ3v) is 3.39. The van der Waals surface area contributed by atoms with Gasteiger partial charge >= 0.3 is 5.97 Å². The van der Waals surface area contributed by atoms with Crippen molar-refractivity contribution >= 4 is 17.6 Å². The van der Waals surface area contributed by atoms with E-state index >= 15 is 0 Å². The molecule has 0 aromatic heterocycles. The summed E-state index contributed by atoms with van der Waals surface area (Å²) in [6, 6.07) is 4.95. The van der Waals surface area contributed by atoms with Crippen molar-refractivity contribution in [1.82, 2.24) is 0 Å². The van der Waals surface area contributed by atoms with Gasteiger partial charge in [0.25, 0.3) is 0 Å². The number of hydrogen-bond acceptors (Lipinski definition) is 4. The lowest BCUT2D eigenvalue weighted by Crippen LogP contribution is -2.26. The first-order valence-corrected chi connectivity index (χ1v) is 6.30. The minimum atomic E-state index is -0.475. The monoisotopic (exact) mass is 275 g/mol. The molecule has 20 heavy (non-hydrogen) atoms. The number of ether oxygens (including phenoxy) is 2. The van der Waals surface area contributed by atoms with E-state index in [0.29, 0.717) is 30.0 Å². The molecule has 1 saturated heterocycles. The van der Waals surface area contributed by atoms with E-state index in [-0.39, 0.29) is 11.8 Å². The van der Waals surface area contributed by atoms with E-state index in [0.717, 1.165) is 0 Å². The summed E-state index contributed by atoms with van der Waals surface area (Å²) < 4.78 is 9.92. The lowest BCUT2D eigenvalue weighted by atomic mass is 10.1. The van der Waals surface area contributed by atoms with Crippen LogP contribution in [0.4, 0.5) is 5.69 Å². The zero-order chi connectivity index (χ0) is 14.7. The molecule has 0 aliphatic carbocycles. The molecule has 106 valence electrons. The Balaban J connectivity index is 2.45. The van der Waals surface area contributed by atoms with Crippen molar-refractivity contribution in [2.45, 2.75) is 6.42 Å². The third-order valence-electron chi connectivity index (χ3n) is 3.39. The van der Waals surface area contributed by atoms with Gasteiger partial charge in [0, 0.05) is 24.9 Å². The van der Waals surface area contributed by atoms with Gasteiger partial charge in [0.1, 0.15) is 5.75 Å². The number of carbonyl (C=O) groups is 2. The minimum absolute atomic E-state index is 0.0340. The zero-order valence-electron chi connectivity index (χ0n) is 11.6. The van der Waals surface area contributed by atoms with E-state index < -0.39 is 5.97 Å². The molecule has 0 spiro atoms. The van der Waals surface area contributed by atoms with Crippen molar-refractivity contribution in [3.8, 4) is 5.75 Å². The van der Waals surface area contributed by atoms with Gasteiger partial charge in [-0.05, 0) is 12.1 Å². The van der Waals surface area contributed by atoms with Gasteiger partial charge in [-0.1, -0.05) is 6.08 Å². The molecule has 1 fully saturated rings. The molecule has 1 aliphatic heterocycles. The Labute approximate surface area is 117 Å². The third kappa shape index (κ3) is 2.52. The molecule has 5 heteroatoms. The van der Waals surface area contributed by atoms with Crippen molar-refractivity contribution < 1.29 is 19.1 Å². The van der Waals surface area contributed by atoms with Crippen LogP contribution in [0.15, 0.2) is 30.9 Å². The predicted molar refractivity (Wildman–Crippen MR) is 75.0 cm³/mol. The molecule has 1 unspecified atom stereocenters. The molecule has 1 aliphatic rings. The molecule has 0 radical (unpaired) electrons. The molecule has 0 bridgehead atoms. The molecule has 0 N–H and O–H groups in total. The molecule has 2 rings (SSSR count). The van der Waals surface area contributed by atoms with Gasteiger partial charge in [0.2, 0.25) is 5.91 Å². The fraction of sp³-hybridized carbons (Fsp3) is 0.333. The number of benzene rings is 1. The summed E-state index contributed by atoms with van der Waals surface area (Å²) in [7, 11) is 2.85. The highest BCUT2D eigenvalue weighted by molar-refractivity contribution is 6.04. The summed E-state index contributed by atoms with van der Waals surface area (Å²) in [6.07, 6.45) is 2.16. The largest absolute Gasteiger partial charge is 0.497 e. The number of rotatable bonds is 4. The standard InChI is InChI=1S/C15H17NO4/c1-4-10-7-14(17)16(9-10)13-8-11(19-2)5-6-12(13)15(18)20-3/h4-6,8,10H,1,7,9H2,2-3H3. The average Bonchev–Trinajstić information content (AvgIpc) is 2.86. The Morgan fingerprint density at radius 3 is 2.75 bits per heavy atom. The van der Waals surface area contributed by atoms with Crippen LogP contribution < -0.4 is 9.64 Å². The summed E-state index contributed by atoms with van der Waals surface area (Å²) in [6.45, 7) is 4.23. The summed E-state index contributed by atoms with van der Waals surface area (Å²) >= 11 is 0. The van der Waals surface area contributed by atoms with Gasteiger partial charge in [-0.15, -0.1) is 6.58 Å². The highest BCUT2D eigenvalue weighted by Gasteiger charge is 2.31. The molecular weight excluding hydrogens is 258 g/mol. The molecule has 0 saturated carbocycles. The lowest BCUT2D eigenvalue weighted by Gasteiger charge is -2.20. The first kappa shape index (κ1) is 14.1. The van der Waals surface area contributed by atoms with Crippen molar-refractivity contribution in [3.63, 3.8) is 0 Å². The van der Waals surface area contributed by atoms with E-state index in [4.69, 9.17) is 9.47 Å². The Morgan fingerprint density at radius 2 is 2.20 bits per heavy atom. The van der Waals surface area contributed by atoms with Crippen molar-refractivity contribution in [2.24, 2.45) is 5.92 Å². The summed E-state index contributed by atoms with van der Waals surface area (Å²) in [4.78, 5) is 25.5. The van der Waals surface area contributed by atoms with E-state index in [9.17, 15) is 9.59 Å². The van der Waals surface area contributed by atoms with Crippen LogP contribution in [0.5, 0.6) is 5.75 Å². The van der Waals surface area contributed by atoms with Crippen LogP contribution in [-0.4, -0.2) is 32.6 Å². The molecule has 1 aromatic carbocycles. The maximum atomic E-state index is 12.1. The smallest absolute Gasteiger partial charge is 0.339 e. The molecule has 1 aromatic rings. The SMILES string of the molecule is C=CC1CC(=O)N(c2cc(OC)ccc2C(=O)OC)C1. The topological polar surface area (TPSA) is 55.8 Å². The number of hydrogen-bond donors (Lipinski definition) is 0. The van der Waals surface area contributed by atoms with Crippen LogP contribution in [-0.2, 0) is 9.53 Å². The number of carbonyl (C=O) groups excluding carboxylic acids is 2. The number of nitrogens with zero attached hydrogens (tertiary/aromatic N) is 1. The lowest BCUT2D eigenvalue weighted by molar-refractivity contribution is -0.117. The van der Waals surface area contributed by atoms with E-state index in [2.05, 4.69) is 6.58 Å². The molecule has 1 heterocycles. The van der Waals surface area contributed by atoms with E-state index in [1.807, 2.05) is 0 Å². The van der Waals surface area contributed by atoms with Crippen molar-refractivity contribution in [1.29, 1.82) is 0 Å². The number of methoxy groups -OCH3 is 2. The quantitative estimate of drug-likeness (QED) is 0.623.